The summed E-state index contributed by atoms with van der Waals surface area (Å²) in [5.41, 5.74) is 2.35. The van der Waals surface area contributed by atoms with Crippen molar-refractivity contribution in [2.75, 3.05) is 6.54 Å². The number of rotatable bonds is 8. The van der Waals surface area contributed by atoms with Crippen LogP contribution in [0, 0.1) is 0 Å². The fourth-order valence-corrected chi connectivity index (χ4v) is 2.17. The lowest BCUT2D eigenvalue weighted by Crippen LogP contribution is -2.19. The van der Waals surface area contributed by atoms with Crippen molar-refractivity contribution in [3.8, 4) is 5.75 Å². The van der Waals surface area contributed by atoms with Crippen LogP contribution in [0.15, 0.2) is 36.7 Å². The number of aryl methyl sites for hydroxylation is 1. The quantitative estimate of drug-likeness (QED) is 0.807. The first kappa shape index (κ1) is 15.6. The summed E-state index contributed by atoms with van der Waals surface area (Å²) >= 11 is 0. The Balaban J connectivity index is 1.94. The van der Waals surface area contributed by atoms with Crippen LogP contribution in [0.5, 0.6) is 5.75 Å². The third-order valence-electron chi connectivity index (χ3n) is 3.47. The third kappa shape index (κ3) is 4.60. The number of ether oxygens (including phenoxy) is 1. The molecule has 1 aromatic carbocycles. The van der Waals surface area contributed by atoms with E-state index in [2.05, 4.69) is 43.3 Å². The highest BCUT2D eigenvalue weighted by Gasteiger charge is 2.06. The molecule has 0 saturated heterocycles. The summed E-state index contributed by atoms with van der Waals surface area (Å²) in [6.07, 6.45) is 5.02. The number of benzene rings is 1. The first-order valence-electron chi connectivity index (χ1n) is 7.70. The number of aromatic nitrogens is 2. The average molecular weight is 287 g/mol. The summed E-state index contributed by atoms with van der Waals surface area (Å²) in [5.74, 6) is 0.905. The number of nitrogens with zero attached hydrogens (tertiary/aromatic N) is 2. The molecule has 4 heteroatoms. The Kier molecular flexibility index (Phi) is 5.81. The van der Waals surface area contributed by atoms with Crippen LogP contribution in [0.4, 0.5) is 0 Å². The van der Waals surface area contributed by atoms with E-state index >= 15 is 0 Å². The Morgan fingerprint density at radius 1 is 1.33 bits per heavy atom. The van der Waals surface area contributed by atoms with Crippen LogP contribution in [0.2, 0.25) is 0 Å². The van der Waals surface area contributed by atoms with Crippen molar-refractivity contribution in [3.63, 3.8) is 0 Å². The first-order valence-corrected chi connectivity index (χ1v) is 7.70. The van der Waals surface area contributed by atoms with Crippen molar-refractivity contribution in [1.82, 2.24) is 15.1 Å². The Morgan fingerprint density at radius 3 is 2.90 bits per heavy atom. The highest BCUT2D eigenvalue weighted by atomic mass is 16.5. The minimum absolute atomic E-state index is 0.344. The Morgan fingerprint density at radius 2 is 2.19 bits per heavy atom. The van der Waals surface area contributed by atoms with Gasteiger partial charge in [-0.2, -0.15) is 5.10 Å². The molecule has 0 saturated carbocycles. The van der Waals surface area contributed by atoms with E-state index in [0.29, 0.717) is 12.6 Å². The van der Waals surface area contributed by atoms with E-state index in [-0.39, 0.29) is 0 Å². The molecule has 0 bridgehead atoms. The topological polar surface area (TPSA) is 39.1 Å². The van der Waals surface area contributed by atoms with Gasteiger partial charge in [0.15, 0.2) is 0 Å². The maximum absolute atomic E-state index is 5.86. The molecular formula is C17H25N3O. The molecule has 2 aromatic rings. The highest BCUT2D eigenvalue weighted by molar-refractivity contribution is 5.30. The second-order valence-corrected chi connectivity index (χ2v) is 5.24. The number of nitrogens with one attached hydrogen (secondary N) is 1. The zero-order chi connectivity index (χ0) is 15.1. The lowest BCUT2D eigenvalue weighted by Gasteiger charge is -2.15. The maximum Gasteiger partial charge on any atom is 0.120 e. The normalized spacial score (nSPS) is 12.3. The Hall–Kier alpha value is -1.81. The van der Waals surface area contributed by atoms with Crippen LogP contribution < -0.4 is 10.1 Å². The summed E-state index contributed by atoms with van der Waals surface area (Å²) in [4.78, 5) is 0. The summed E-state index contributed by atoms with van der Waals surface area (Å²) in [6.45, 7) is 8.90. The molecule has 0 fully saturated rings. The lowest BCUT2D eigenvalue weighted by atomic mass is 10.1. The van der Waals surface area contributed by atoms with Gasteiger partial charge in [-0.05, 0) is 44.5 Å². The van der Waals surface area contributed by atoms with Gasteiger partial charge >= 0.3 is 0 Å². The van der Waals surface area contributed by atoms with Gasteiger partial charge in [0.1, 0.15) is 12.4 Å². The van der Waals surface area contributed by atoms with Crippen LogP contribution in [0.1, 0.15) is 44.4 Å². The molecule has 21 heavy (non-hydrogen) atoms. The van der Waals surface area contributed by atoms with E-state index in [1.165, 1.54) is 5.56 Å². The van der Waals surface area contributed by atoms with Crippen LogP contribution >= 0.6 is 0 Å². The van der Waals surface area contributed by atoms with Gasteiger partial charge in [0, 0.05) is 24.3 Å². The molecular weight excluding hydrogens is 262 g/mol. The summed E-state index contributed by atoms with van der Waals surface area (Å²) < 4.78 is 7.77. The fraction of sp³-hybridized carbons (Fsp3) is 0.471. The van der Waals surface area contributed by atoms with Gasteiger partial charge in [-0.15, -0.1) is 0 Å². The summed E-state index contributed by atoms with van der Waals surface area (Å²) in [6, 6.07) is 8.63. The highest BCUT2D eigenvalue weighted by Crippen LogP contribution is 2.20. The maximum atomic E-state index is 5.86. The fourth-order valence-electron chi connectivity index (χ4n) is 2.17. The molecule has 1 unspecified atom stereocenters. The monoisotopic (exact) mass is 287 g/mol. The molecule has 1 atom stereocenters. The van der Waals surface area contributed by atoms with E-state index in [1.54, 1.807) is 0 Å². The Labute approximate surface area is 127 Å². The predicted molar refractivity (Wildman–Crippen MR) is 85.4 cm³/mol. The van der Waals surface area contributed by atoms with Crippen LogP contribution in [0.3, 0.4) is 0 Å². The van der Waals surface area contributed by atoms with Crippen LogP contribution in [-0.2, 0) is 13.2 Å². The van der Waals surface area contributed by atoms with Crippen molar-refractivity contribution in [2.24, 2.45) is 0 Å². The van der Waals surface area contributed by atoms with Crippen molar-refractivity contribution in [2.45, 2.75) is 46.4 Å². The van der Waals surface area contributed by atoms with E-state index in [9.17, 15) is 0 Å². The molecule has 0 aliphatic carbocycles. The zero-order valence-corrected chi connectivity index (χ0v) is 13.2. The standard InChI is InChI=1S/C17H25N3O/c1-4-9-18-14(3)16-7-6-8-17(10-16)21-13-15-11-19-20(5-2)12-15/h6-8,10-12,14,18H,4-5,9,13H2,1-3H3. The van der Waals surface area contributed by atoms with E-state index in [0.717, 1.165) is 30.8 Å². The minimum Gasteiger partial charge on any atom is -0.489 e. The van der Waals surface area contributed by atoms with Gasteiger partial charge in [0.05, 0.1) is 6.20 Å². The molecule has 1 heterocycles. The minimum atomic E-state index is 0.344. The lowest BCUT2D eigenvalue weighted by molar-refractivity contribution is 0.305. The van der Waals surface area contributed by atoms with Crippen LogP contribution in [0.25, 0.3) is 0 Å². The SMILES string of the molecule is CCCNC(C)c1cccc(OCc2cnn(CC)c2)c1. The van der Waals surface area contributed by atoms with Gasteiger partial charge in [0.2, 0.25) is 0 Å². The molecule has 0 amide bonds. The van der Waals surface area contributed by atoms with Crippen LogP contribution in [-0.4, -0.2) is 16.3 Å². The molecule has 0 radical (unpaired) electrons. The van der Waals surface area contributed by atoms with Crippen molar-refractivity contribution >= 4 is 0 Å². The molecule has 0 aliphatic rings. The van der Waals surface area contributed by atoms with Gasteiger partial charge in [-0.1, -0.05) is 19.1 Å². The number of hydrogen-bond donors (Lipinski definition) is 1. The average Bonchev–Trinajstić information content (AvgIpc) is 2.99. The van der Waals surface area contributed by atoms with E-state index in [4.69, 9.17) is 4.74 Å². The Bertz CT molecular complexity index is 550. The first-order chi connectivity index (χ1) is 10.2. The summed E-state index contributed by atoms with van der Waals surface area (Å²) in [7, 11) is 0. The van der Waals surface area contributed by atoms with Gasteiger partial charge in [-0.3, -0.25) is 4.68 Å². The number of hydrogen-bond acceptors (Lipinski definition) is 3. The second-order valence-electron chi connectivity index (χ2n) is 5.24. The molecule has 0 spiro atoms. The largest absolute Gasteiger partial charge is 0.489 e. The molecule has 114 valence electrons. The molecule has 1 aromatic heterocycles. The van der Waals surface area contributed by atoms with Crippen molar-refractivity contribution < 1.29 is 4.74 Å². The smallest absolute Gasteiger partial charge is 0.120 e. The summed E-state index contributed by atoms with van der Waals surface area (Å²) in [5, 5.41) is 7.74. The van der Waals surface area contributed by atoms with Gasteiger partial charge < -0.3 is 10.1 Å². The van der Waals surface area contributed by atoms with E-state index < -0.39 is 0 Å². The van der Waals surface area contributed by atoms with Crippen molar-refractivity contribution in [3.05, 3.63) is 47.8 Å². The molecule has 4 nitrogen and oxygen atoms in total. The molecule has 1 N–H and O–H groups in total. The second kappa shape index (κ2) is 7.84. The van der Waals surface area contributed by atoms with E-state index in [1.807, 2.05) is 29.2 Å². The van der Waals surface area contributed by atoms with Gasteiger partial charge in [-0.25, -0.2) is 0 Å². The van der Waals surface area contributed by atoms with Crippen molar-refractivity contribution in [1.29, 1.82) is 0 Å². The third-order valence-corrected chi connectivity index (χ3v) is 3.47. The zero-order valence-electron chi connectivity index (χ0n) is 13.2. The molecule has 0 aliphatic heterocycles. The predicted octanol–water partition coefficient (Wildman–Crippen LogP) is 3.54. The van der Waals surface area contributed by atoms with Gasteiger partial charge in [0.25, 0.3) is 0 Å². The molecule has 2 rings (SSSR count).